The van der Waals surface area contributed by atoms with Gasteiger partial charge in [0, 0.05) is 5.54 Å². The van der Waals surface area contributed by atoms with Crippen LogP contribution in [0.25, 0.3) is 0 Å². The first-order valence-corrected chi connectivity index (χ1v) is 12.4. The van der Waals surface area contributed by atoms with E-state index in [0.717, 1.165) is 18.4 Å². The van der Waals surface area contributed by atoms with Crippen LogP contribution in [0.3, 0.4) is 0 Å². The van der Waals surface area contributed by atoms with Crippen LogP contribution in [0.2, 0.25) is 0 Å². The molecule has 0 radical (unpaired) electrons. The summed E-state index contributed by atoms with van der Waals surface area (Å²) in [6.07, 6.45) is 1.87. The molecule has 3 rings (SSSR count). The van der Waals surface area contributed by atoms with Gasteiger partial charge in [0.2, 0.25) is 5.91 Å². The Bertz CT molecular complexity index is 1000. The van der Waals surface area contributed by atoms with Crippen molar-refractivity contribution in [2.24, 2.45) is 0 Å². The summed E-state index contributed by atoms with van der Waals surface area (Å²) in [5.41, 5.74) is -0.310. The molecule has 6 nitrogen and oxygen atoms in total. The van der Waals surface area contributed by atoms with Gasteiger partial charge in [-0.1, -0.05) is 60.7 Å². The van der Waals surface area contributed by atoms with Gasteiger partial charge >= 0.3 is 6.09 Å². The fourth-order valence-corrected chi connectivity index (χ4v) is 5.07. The fourth-order valence-electron chi connectivity index (χ4n) is 5.07. The van der Waals surface area contributed by atoms with Crippen molar-refractivity contribution in [2.45, 2.75) is 82.5 Å². The van der Waals surface area contributed by atoms with Gasteiger partial charge in [-0.25, -0.2) is 4.79 Å². The quantitative estimate of drug-likeness (QED) is 0.587. The number of amides is 2. The van der Waals surface area contributed by atoms with E-state index in [9.17, 15) is 9.59 Å². The Morgan fingerprint density at radius 1 is 0.829 bits per heavy atom. The molecule has 2 N–H and O–H groups in total. The van der Waals surface area contributed by atoms with E-state index in [2.05, 4.69) is 53.9 Å². The zero-order valence-electron chi connectivity index (χ0n) is 22.3. The number of hydrogen-bond donors (Lipinski definition) is 2. The van der Waals surface area contributed by atoms with E-state index >= 15 is 0 Å². The number of ether oxygens (including phenoxy) is 1. The molecule has 190 valence electrons. The van der Waals surface area contributed by atoms with Crippen molar-refractivity contribution < 1.29 is 14.3 Å². The van der Waals surface area contributed by atoms with Gasteiger partial charge in [-0.3, -0.25) is 9.69 Å². The summed E-state index contributed by atoms with van der Waals surface area (Å²) in [6.45, 7) is 9.44. The zero-order valence-corrected chi connectivity index (χ0v) is 22.3. The zero-order chi connectivity index (χ0) is 25.9. The van der Waals surface area contributed by atoms with E-state index < -0.39 is 22.8 Å². The number of hydrogen-bond acceptors (Lipinski definition) is 4. The van der Waals surface area contributed by atoms with Crippen molar-refractivity contribution in [3.05, 3.63) is 71.8 Å². The molecule has 2 amide bonds. The third kappa shape index (κ3) is 6.04. The summed E-state index contributed by atoms with van der Waals surface area (Å²) in [7, 11) is 4.17. The Hall–Kier alpha value is -2.86. The predicted molar refractivity (Wildman–Crippen MR) is 140 cm³/mol. The summed E-state index contributed by atoms with van der Waals surface area (Å²) < 4.78 is 5.57. The van der Waals surface area contributed by atoms with E-state index in [4.69, 9.17) is 4.74 Å². The first-order valence-electron chi connectivity index (χ1n) is 12.4. The van der Waals surface area contributed by atoms with Crippen molar-refractivity contribution in [2.75, 3.05) is 14.1 Å². The third-order valence-corrected chi connectivity index (χ3v) is 7.19. The molecule has 1 fully saturated rings. The maximum Gasteiger partial charge on any atom is 0.408 e. The second-order valence-electron chi connectivity index (χ2n) is 11.4. The average molecular weight is 480 g/mol. The molecule has 0 aromatic heterocycles. The number of rotatable bonds is 6. The first-order chi connectivity index (χ1) is 16.3. The highest BCUT2D eigenvalue weighted by atomic mass is 16.6. The maximum absolute atomic E-state index is 13.9. The molecule has 1 saturated carbocycles. The van der Waals surface area contributed by atoms with Crippen molar-refractivity contribution in [1.82, 2.24) is 15.5 Å². The Balaban J connectivity index is 1.91. The Morgan fingerprint density at radius 2 is 1.34 bits per heavy atom. The smallest absolute Gasteiger partial charge is 0.408 e. The molecule has 6 heteroatoms. The second kappa shape index (κ2) is 10.0. The lowest BCUT2D eigenvalue weighted by Gasteiger charge is -2.50. The average Bonchev–Trinajstić information content (AvgIpc) is 2.79. The first kappa shape index (κ1) is 26.7. The molecule has 1 aliphatic rings. The third-order valence-electron chi connectivity index (χ3n) is 7.19. The van der Waals surface area contributed by atoms with Gasteiger partial charge in [-0.15, -0.1) is 0 Å². The lowest BCUT2D eigenvalue weighted by molar-refractivity contribution is -0.132. The largest absolute Gasteiger partial charge is 0.444 e. The molecular formula is C29H41N3O3. The van der Waals surface area contributed by atoms with Crippen molar-refractivity contribution in [1.29, 1.82) is 0 Å². The molecule has 0 atom stereocenters. The van der Waals surface area contributed by atoms with Gasteiger partial charge in [-0.2, -0.15) is 0 Å². The lowest BCUT2D eigenvalue weighted by atomic mass is 9.68. The molecule has 1 aliphatic carbocycles. The summed E-state index contributed by atoms with van der Waals surface area (Å²) in [5, 5.41) is 6.22. The molecule has 0 spiro atoms. The van der Waals surface area contributed by atoms with Crippen molar-refractivity contribution in [3.63, 3.8) is 0 Å². The highest BCUT2D eigenvalue weighted by Crippen LogP contribution is 2.45. The van der Waals surface area contributed by atoms with Gasteiger partial charge < -0.3 is 15.4 Å². The SMILES string of the molecule is CN(C)C1(c2ccccc2)CCC(NC(=O)OC(C)(C)C)(C(=O)NC(C)(C)c2ccccc2)CC1. The number of carbonyl (C=O) groups excluding carboxylic acids is 2. The minimum atomic E-state index is -1.07. The fraction of sp³-hybridized carbons (Fsp3) is 0.517. The van der Waals surface area contributed by atoms with Gasteiger partial charge in [-0.05, 0) is 85.5 Å². The number of carbonyl (C=O) groups is 2. The van der Waals surface area contributed by atoms with Gasteiger partial charge in [0.05, 0.1) is 5.54 Å². The van der Waals surface area contributed by atoms with Crippen molar-refractivity contribution in [3.8, 4) is 0 Å². The Morgan fingerprint density at radius 3 is 1.83 bits per heavy atom. The topological polar surface area (TPSA) is 70.7 Å². The van der Waals surface area contributed by atoms with Crippen LogP contribution in [-0.2, 0) is 20.6 Å². The number of alkyl carbamates (subject to hydrolysis) is 1. The molecule has 0 aliphatic heterocycles. The second-order valence-corrected chi connectivity index (χ2v) is 11.4. The van der Waals surface area contributed by atoms with E-state index in [1.165, 1.54) is 5.56 Å². The van der Waals surface area contributed by atoms with Crippen LogP contribution in [0.4, 0.5) is 4.79 Å². The number of nitrogens with one attached hydrogen (secondary N) is 2. The Labute approximate surface area is 210 Å². The summed E-state index contributed by atoms with van der Waals surface area (Å²) in [5.74, 6) is -0.183. The van der Waals surface area contributed by atoms with Crippen molar-refractivity contribution >= 4 is 12.0 Å². The molecule has 0 saturated heterocycles. The molecule has 0 unspecified atom stereocenters. The highest BCUT2D eigenvalue weighted by Gasteiger charge is 2.51. The number of benzene rings is 2. The summed E-state index contributed by atoms with van der Waals surface area (Å²) >= 11 is 0. The molecule has 35 heavy (non-hydrogen) atoms. The standard InChI is InChI=1S/C29H41N3O3/c1-26(2,3)35-25(34)31-28(24(33)30-27(4,5)22-14-10-8-11-15-22)18-20-29(21-19-28,32(6)7)23-16-12-9-13-17-23/h8-17H,18-21H2,1-7H3,(H,30,33)(H,31,34). The summed E-state index contributed by atoms with van der Waals surface area (Å²) in [6, 6.07) is 20.3. The van der Waals surface area contributed by atoms with Crippen LogP contribution < -0.4 is 10.6 Å². The van der Waals surface area contributed by atoms with E-state index in [1.54, 1.807) is 0 Å². The van der Waals surface area contributed by atoms with Gasteiger partial charge in [0.15, 0.2) is 0 Å². The Kier molecular flexibility index (Phi) is 7.65. The van der Waals surface area contributed by atoms with Gasteiger partial charge in [0.25, 0.3) is 0 Å². The molecule has 2 aromatic rings. The van der Waals surface area contributed by atoms with Crippen LogP contribution >= 0.6 is 0 Å². The lowest BCUT2D eigenvalue weighted by Crippen LogP contribution is -2.65. The minimum Gasteiger partial charge on any atom is -0.444 e. The normalized spacial score (nSPS) is 23.0. The van der Waals surface area contributed by atoms with E-state index in [0.29, 0.717) is 12.8 Å². The molecule has 0 heterocycles. The minimum absolute atomic E-state index is 0.183. The molecule has 0 bridgehead atoms. The van der Waals surface area contributed by atoms with Crippen LogP contribution in [-0.4, -0.2) is 42.1 Å². The van der Waals surface area contributed by atoms with Crippen LogP contribution in [0.5, 0.6) is 0 Å². The predicted octanol–water partition coefficient (Wildman–Crippen LogP) is 5.33. The van der Waals surface area contributed by atoms with Crippen LogP contribution in [0, 0.1) is 0 Å². The monoisotopic (exact) mass is 479 g/mol. The maximum atomic E-state index is 13.9. The van der Waals surface area contributed by atoms with Crippen LogP contribution in [0.15, 0.2) is 60.7 Å². The molecule has 2 aromatic carbocycles. The van der Waals surface area contributed by atoms with Gasteiger partial charge in [0.1, 0.15) is 11.1 Å². The highest BCUT2D eigenvalue weighted by molar-refractivity contribution is 5.90. The summed E-state index contributed by atoms with van der Waals surface area (Å²) in [4.78, 5) is 29.1. The van der Waals surface area contributed by atoms with E-state index in [1.807, 2.05) is 71.0 Å². The molecular weight excluding hydrogens is 438 g/mol. The number of nitrogens with zero attached hydrogens (tertiary/aromatic N) is 1. The van der Waals surface area contributed by atoms with E-state index in [-0.39, 0.29) is 11.4 Å². The van der Waals surface area contributed by atoms with Crippen LogP contribution in [0.1, 0.15) is 71.4 Å².